The van der Waals surface area contributed by atoms with Gasteiger partial charge >= 0.3 is 0 Å². The summed E-state index contributed by atoms with van der Waals surface area (Å²) in [5.41, 5.74) is -1.09. The van der Waals surface area contributed by atoms with Gasteiger partial charge in [-0.25, -0.2) is 12.8 Å². The molecule has 0 amide bonds. The van der Waals surface area contributed by atoms with Crippen molar-refractivity contribution in [2.75, 3.05) is 13.1 Å². The predicted octanol–water partition coefficient (Wildman–Crippen LogP) is 2.67. The van der Waals surface area contributed by atoms with Gasteiger partial charge < -0.3 is 5.11 Å². The van der Waals surface area contributed by atoms with E-state index in [0.29, 0.717) is 12.8 Å². The molecule has 1 saturated heterocycles. The summed E-state index contributed by atoms with van der Waals surface area (Å²) in [5, 5.41) is 9.23. The number of rotatable bonds is 2. The third-order valence-electron chi connectivity index (χ3n) is 3.26. The van der Waals surface area contributed by atoms with Crippen molar-refractivity contribution >= 4 is 33.2 Å². The zero-order valence-electron chi connectivity index (χ0n) is 10.7. The first-order valence-corrected chi connectivity index (χ1v) is 8.21. The van der Waals surface area contributed by atoms with E-state index >= 15 is 0 Å². The molecule has 1 unspecified atom stereocenters. The lowest BCUT2D eigenvalue weighted by atomic mass is 9.97. The van der Waals surface area contributed by atoms with Crippen LogP contribution >= 0.6 is 23.2 Å². The zero-order chi connectivity index (χ0) is 15.1. The number of aliphatic hydroxyl groups is 1. The highest BCUT2D eigenvalue weighted by Gasteiger charge is 2.37. The molecule has 112 valence electrons. The van der Waals surface area contributed by atoms with Crippen molar-refractivity contribution in [1.82, 2.24) is 4.31 Å². The Hall–Kier alpha value is -0.400. The number of β-amino-alcohol motifs (C(OH)–C–C–N with tert-alkyl or cyclic N) is 1. The lowest BCUT2D eigenvalue weighted by Crippen LogP contribution is -2.48. The van der Waals surface area contributed by atoms with E-state index in [1.807, 2.05) is 0 Å². The maximum absolute atomic E-state index is 13.6. The van der Waals surface area contributed by atoms with Gasteiger partial charge in [-0.05, 0) is 31.9 Å². The molecule has 0 spiro atoms. The molecule has 1 aromatic rings. The van der Waals surface area contributed by atoms with Gasteiger partial charge in [0.15, 0.2) is 5.82 Å². The Morgan fingerprint density at radius 1 is 1.40 bits per heavy atom. The monoisotopic (exact) mass is 341 g/mol. The smallest absolute Gasteiger partial charge is 0.244 e. The molecule has 1 aromatic carbocycles. The summed E-state index contributed by atoms with van der Waals surface area (Å²) >= 11 is 11.3. The highest BCUT2D eigenvalue weighted by atomic mass is 35.5. The number of benzene rings is 1. The average Bonchev–Trinajstić information content (AvgIpc) is 2.34. The van der Waals surface area contributed by atoms with Crippen LogP contribution in [0.25, 0.3) is 0 Å². The van der Waals surface area contributed by atoms with E-state index in [0.717, 1.165) is 10.4 Å². The van der Waals surface area contributed by atoms with Crippen LogP contribution < -0.4 is 0 Å². The summed E-state index contributed by atoms with van der Waals surface area (Å²) in [7, 11) is -3.96. The second-order valence-corrected chi connectivity index (χ2v) is 7.80. The number of nitrogens with zero attached hydrogens (tertiary/aromatic N) is 1. The van der Waals surface area contributed by atoms with Crippen molar-refractivity contribution in [3.05, 3.63) is 28.0 Å². The number of hydrogen-bond donors (Lipinski definition) is 1. The summed E-state index contributed by atoms with van der Waals surface area (Å²) in [6, 6.07) is 2.32. The van der Waals surface area contributed by atoms with Gasteiger partial charge in [-0.3, -0.25) is 0 Å². The molecule has 4 nitrogen and oxygen atoms in total. The summed E-state index contributed by atoms with van der Waals surface area (Å²) in [4.78, 5) is -0.334. The lowest BCUT2D eigenvalue weighted by molar-refractivity contribution is 0.00940. The number of sulfonamides is 1. The summed E-state index contributed by atoms with van der Waals surface area (Å²) in [5.74, 6) is -0.960. The molecule has 1 aliphatic rings. The van der Waals surface area contributed by atoms with Crippen molar-refractivity contribution < 1.29 is 17.9 Å². The van der Waals surface area contributed by atoms with E-state index in [1.165, 1.54) is 6.07 Å². The summed E-state index contributed by atoms with van der Waals surface area (Å²) in [6.07, 6.45) is 1.04. The fraction of sp³-hybridized carbons (Fsp3) is 0.500. The van der Waals surface area contributed by atoms with Crippen LogP contribution in [0.5, 0.6) is 0 Å². The van der Waals surface area contributed by atoms with Gasteiger partial charge in [-0.15, -0.1) is 0 Å². The van der Waals surface area contributed by atoms with Crippen molar-refractivity contribution in [1.29, 1.82) is 0 Å². The summed E-state index contributed by atoms with van der Waals surface area (Å²) < 4.78 is 39.7. The molecule has 1 heterocycles. The molecular weight excluding hydrogens is 328 g/mol. The van der Waals surface area contributed by atoms with E-state index in [4.69, 9.17) is 23.2 Å². The maximum atomic E-state index is 13.6. The van der Waals surface area contributed by atoms with E-state index in [9.17, 15) is 17.9 Å². The molecule has 8 heteroatoms. The Labute approximate surface area is 127 Å². The van der Waals surface area contributed by atoms with Crippen molar-refractivity contribution in [2.24, 2.45) is 0 Å². The minimum Gasteiger partial charge on any atom is -0.389 e. The molecule has 1 aliphatic heterocycles. The molecule has 1 atom stereocenters. The normalized spacial score (nSPS) is 24.9. The Morgan fingerprint density at radius 3 is 2.65 bits per heavy atom. The third-order valence-corrected chi connectivity index (χ3v) is 5.92. The quantitative estimate of drug-likeness (QED) is 0.841. The van der Waals surface area contributed by atoms with Gasteiger partial charge in [0.1, 0.15) is 4.90 Å². The minimum atomic E-state index is -3.96. The number of hydrogen-bond acceptors (Lipinski definition) is 3. The molecule has 0 saturated carbocycles. The van der Waals surface area contributed by atoms with Gasteiger partial charge in [-0.2, -0.15) is 4.31 Å². The SMILES string of the molecule is CC1(O)CCCN(S(=O)(=O)c2ccc(Cl)c(F)c2Cl)C1. The largest absolute Gasteiger partial charge is 0.389 e. The van der Waals surface area contributed by atoms with Crippen molar-refractivity contribution in [3.8, 4) is 0 Å². The van der Waals surface area contributed by atoms with Crippen LogP contribution in [0.15, 0.2) is 17.0 Å². The molecule has 0 radical (unpaired) electrons. The first-order valence-electron chi connectivity index (χ1n) is 6.01. The van der Waals surface area contributed by atoms with Crippen molar-refractivity contribution in [2.45, 2.75) is 30.3 Å². The van der Waals surface area contributed by atoms with Gasteiger partial charge in [0.2, 0.25) is 10.0 Å². The molecule has 0 aliphatic carbocycles. The van der Waals surface area contributed by atoms with E-state index in [2.05, 4.69) is 0 Å². The lowest BCUT2D eigenvalue weighted by Gasteiger charge is -2.36. The van der Waals surface area contributed by atoms with Crippen molar-refractivity contribution in [3.63, 3.8) is 0 Å². The molecule has 20 heavy (non-hydrogen) atoms. The molecule has 1 fully saturated rings. The first-order chi connectivity index (χ1) is 9.15. The Kier molecular flexibility index (Phi) is 4.33. The predicted molar refractivity (Wildman–Crippen MR) is 75.0 cm³/mol. The van der Waals surface area contributed by atoms with Gasteiger partial charge in [0, 0.05) is 13.1 Å². The second kappa shape index (κ2) is 5.42. The molecule has 0 aromatic heterocycles. The van der Waals surface area contributed by atoms with Gasteiger partial charge in [-0.1, -0.05) is 23.2 Å². The van der Waals surface area contributed by atoms with Crippen LogP contribution in [0, 0.1) is 5.82 Å². The highest BCUT2D eigenvalue weighted by Crippen LogP contribution is 2.33. The molecule has 0 bridgehead atoms. The average molecular weight is 342 g/mol. The van der Waals surface area contributed by atoms with Crippen LogP contribution in [-0.4, -0.2) is 36.5 Å². The number of halogens is 3. The standard InChI is InChI=1S/C12H14Cl2FNO3S/c1-12(17)5-2-6-16(7-12)20(18,19)9-4-3-8(13)11(15)10(9)14/h3-4,17H,2,5-7H2,1H3. The maximum Gasteiger partial charge on any atom is 0.244 e. The Morgan fingerprint density at radius 2 is 2.05 bits per heavy atom. The van der Waals surface area contributed by atoms with E-state index < -0.39 is 26.5 Å². The molecule has 2 rings (SSSR count). The topological polar surface area (TPSA) is 57.6 Å². The third kappa shape index (κ3) is 2.94. The summed E-state index contributed by atoms with van der Waals surface area (Å²) in [6.45, 7) is 1.79. The fourth-order valence-electron chi connectivity index (χ4n) is 2.23. The van der Waals surface area contributed by atoms with Gasteiger partial charge in [0.25, 0.3) is 0 Å². The second-order valence-electron chi connectivity index (χ2n) is 5.11. The fourth-order valence-corrected chi connectivity index (χ4v) is 4.54. The number of piperidine rings is 1. The Bertz CT molecular complexity index is 634. The van der Waals surface area contributed by atoms with E-state index in [1.54, 1.807) is 6.92 Å². The van der Waals surface area contributed by atoms with Gasteiger partial charge in [0.05, 0.1) is 15.6 Å². The first kappa shape index (κ1) is 16.0. The molecular formula is C12H14Cl2FNO3S. The van der Waals surface area contributed by atoms with Crippen LogP contribution in [0.2, 0.25) is 10.0 Å². The van der Waals surface area contributed by atoms with Crippen LogP contribution in [0.4, 0.5) is 4.39 Å². The van der Waals surface area contributed by atoms with Crippen LogP contribution in [-0.2, 0) is 10.0 Å². The van der Waals surface area contributed by atoms with Crippen LogP contribution in [0.3, 0.4) is 0 Å². The Balaban J connectivity index is 2.43. The molecule has 1 N–H and O–H groups in total. The highest BCUT2D eigenvalue weighted by molar-refractivity contribution is 7.89. The minimum absolute atomic E-state index is 0.0457. The zero-order valence-corrected chi connectivity index (χ0v) is 13.1. The van der Waals surface area contributed by atoms with E-state index in [-0.39, 0.29) is 23.0 Å². The van der Waals surface area contributed by atoms with Crippen LogP contribution in [0.1, 0.15) is 19.8 Å².